The molecule has 0 spiro atoms. The van der Waals surface area contributed by atoms with Gasteiger partial charge in [-0.05, 0) is 18.2 Å². The molecule has 2 nitrogen and oxygen atoms in total. The highest BCUT2D eigenvalue weighted by Crippen LogP contribution is 2.16. The van der Waals surface area contributed by atoms with Gasteiger partial charge in [0.05, 0.1) is 0 Å². The van der Waals surface area contributed by atoms with Gasteiger partial charge in [-0.3, -0.25) is 0 Å². The van der Waals surface area contributed by atoms with Crippen LogP contribution in [0.3, 0.4) is 0 Å². The first-order valence-corrected chi connectivity index (χ1v) is 5.18. The van der Waals surface area contributed by atoms with Gasteiger partial charge in [0.1, 0.15) is 12.4 Å². The van der Waals surface area contributed by atoms with Crippen LogP contribution in [-0.2, 0) is 0 Å². The first-order chi connectivity index (χ1) is 6.68. The van der Waals surface area contributed by atoms with Crippen LogP contribution in [0, 0.1) is 0 Å². The monoisotopic (exact) mass is 213 g/mol. The Kier molecular flexibility index (Phi) is 4.77. The summed E-state index contributed by atoms with van der Waals surface area (Å²) < 4.78 is 5.49. The van der Waals surface area contributed by atoms with Crippen LogP contribution in [0.5, 0.6) is 5.75 Å². The van der Waals surface area contributed by atoms with Gasteiger partial charge in [-0.1, -0.05) is 31.5 Å². The standard InChI is InChI=1S/C11H16ClNO/c1-9(2)13-6-7-14-11-5-3-4-10(12)8-11/h3-5,8-9,13H,6-7H2,1-2H3. The van der Waals surface area contributed by atoms with E-state index < -0.39 is 0 Å². The van der Waals surface area contributed by atoms with Gasteiger partial charge in [-0.2, -0.15) is 0 Å². The molecule has 0 amide bonds. The molecule has 0 saturated carbocycles. The molecule has 0 atom stereocenters. The third-order valence-electron chi connectivity index (χ3n) is 1.72. The largest absolute Gasteiger partial charge is 0.492 e. The van der Waals surface area contributed by atoms with E-state index in [4.69, 9.17) is 16.3 Å². The number of rotatable bonds is 5. The summed E-state index contributed by atoms with van der Waals surface area (Å²) >= 11 is 5.81. The van der Waals surface area contributed by atoms with Crippen molar-refractivity contribution in [3.63, 3.8) is 0 Å². The highest BCUT2D eigenvalue weighted by atomic mass is 35.5. The molecule has 0 aliphatic carbocycles. The summed E-state index contributed by atoms with van der Waals surface area (Å²) in [6, 6.07) is 7.94. The maximum Gasteiger partial charge on any atom is 0.120 e. The minimum absolute atomic E-state index is 0.498. The minimum atomic E-state index is 0.498. The average Bonchev–Trinajstić information content (AvgIpc) is 2.12. The first-order valence-electron chi connectivity index (χ1n) is 4.80. The predicted molar refractivity (Wildman–Crippen MR) is 60.1 cm³/mol. The second-order valence-corrected chi connectivity index (χ2v) is 3.85. The Morgan fingerprint density at radius 1 is 1.43 bits per heavy atom. The Morgan fingerprint density at radius 3 is 2.86 bits per heavy atom. The van der Waals surface area contributed by atoms with E-state index in [2.05, 4.69) is 19.2 Å². The smallest absolute Gasteiger partial charge is 0.120 e. The van der Waals surface area contributed by atoms with Crippen LogP contribution in [0.15, 0.2) is 24.3 Å². The number of benzene rings is 1. The summed E-state index contributed by atoms with van der Waals surface area (Å²) in [7, 11) is 0. The summed E-state index contributed by atoms with van der Waals surface area (Å²) in [5.41, 5.74) is 0. The normalized spacial score (nSPS) is 10.6. The van der Waals surface area contributed by atoms with Gasteiger partial charge in [0, 0.05) is 17.6 Å². The molecule has 3 heteroatoms. The van der Waals surface area contributed by atoms with E-state index in [0.29, 0.717) is 17.7 Å². The second-order valence-electron chi connectivity index (χ2n) is 3.41. The lowest BCUT2D eigenvalue weighted by atomic mass is 10.3. The van der Waals surface area contributed by atoms with E-state index in [1.54, 1.807) is 0 Å². The van der Waals surface area contributed by atoms with Gasteiger partial charge in [0.15, 0.2) is 0 Å². The lowest BCUT2D eigenvalue weighted by molar-refractivity contribution is 0.309. The van der Waals surface area contributed by atoms with Gasteiger partial charge >= 0.3 is 0 Å². The maximum absolute atomic E-state index is 5.81. The maximum atomic E-state index is 5.81. The van der Waals surface area contributed by atoms with E-state index in [-0.39, 0.29) is 0 Å². The zero-order valence-electron chi connectivity index (χ0n) is 8.59. The number of nitrogens with one attached hydrogen (secondary N) is 1. The van der Waals surface area contributed by atoms with Crippen molar-refractivity contribution in [1.82, 2.24) is 5.32 Å². The van der Waals surface area contributed by atoms with Crippen LogP contribution in [0.4, 0.5) is 0 Å². The van der Waals surface area contributed by atoms with E-state index in [9.17, 15) is 0 Å². The third-order valence-corrected chi connectivity index (χ3v) is 1.95. The summed E-state index contributed by atoms with van der Waals surface area (Å²) in [5, 5.41) is 3.98. The van der Waals surface area contributed by atoms with Gasteiger partial charge < -0.3 is 10.1 Å². The molecule has 0 bridgehead atoms. The van der Waals surface area contributed by atoms with Crippen molar-refractivity contribution in [2.45, 2.75) is 19.9 Å². The van der Waals surface area contributed by atoms with Crippen LogP contribution in [0.1, 0.15) is 13.8 Å². The number of hydrogen-bond acceptors (Lipinski definition) is 2. The third kappa shape index (κ3) is 4.49. The van der Waals surface area contributed by atoms with Gasteiger partial charge in [0.25, 0.3) is 0 Å². The molecule has 1 aromatic carbocycles. The van der Waals surface area contributed by atoms with Crippen LogP contribution >= 0.6 is 11.6 Å². The topological polar surface area (TPSA) is 21.3 Å². The van der Waals surface area contributed by atoms with E-state index in [1.165, 1.54) is 0 Å². The highest BCUT2D eigenvalue weighted by molar-refractivity contribution is 6.30. The van der Waals surface area contributed by atoms with E-state index in [1.807, 2.05) is 24.3 Å². The van der Waals surface area contributed by atoms with Crippen molar-refractivity contribution in [3.8, 4) is 5.75 Å². The molecule has 1 N–H and O–H groups in total. The van der Waals surface area contributed by atoms with Crippen LogP contribution < -0.4 is 10.1 Å². The van der Waals surface area contributed by atoms with Gasteiger partial charge in [-0.25, -0.2) is 0 Å². The molecule has 0 unspecified atom stereocenters. The molecule has 1 aromatic rings. The van der Waals surface area contributed by atoms with Crippen molar-refractivity contribution in [1.29, 1.82) is 0 Å². The van der Waals surface area contributed by atoms with Gasteiger partial charge in [0.2, 0.25) is 0 Å². The summed E-state index contributed by atoms with van der Waals surface area (Å²) in [6.45, 7) is 5.74. The molecule has 78 valence electrons. The number of ether oxygens (including phenoxy) is 1. The lowest BCUT2D eigenvalue weighted by Gasteiger charge is -2.09. The van der Waals surface area contributed by atoms with Crippen molar-refractivity contribution in [2.75, 3.05) is 13.2 Å². The number of hydrogen-bond donors (Lipinski definition) is 1. The van der Waals surface area contributed by atoms with Crippen molar-refractivity contribution < 1.29 is 4.74 Å². The lowest BCUT2D eigenvalue weighted by Crippen LogP contribution is -2.27. The molecule has 0 aliphatic rings. The molecule has 0 fully saturated rings. The second kappa shape index (κ2) is 5.89. The number of halogens is 1. The Hall–Kier alpha value is -0.730. The molecule has 14 heavy (non-hydrogen) atoms. The first kappa shape index (κ1) is 11.3. The van der Waals surface area contributed by atoms with Crippen molar-refractivity contribution in [2.24, 2.45) is 0 Å². The fourth-order valence-corrected chi connectivity index (χ4v) is 1.25. The van der Waals surface area contributed by atoms with Crippen molar-refractivity contribution in [3.05, 3.63) is 29.3 Å². The summed E-state index contributed by atoms with van der Waals surface area (Å²) in [6.07, 6.45) is 0. The molecule has 0 radical (unpaired) electrons. The molecular weight excluding hydrogens is 198 g/mol. The Morgan fingerprint density at radius 2 is 2.21 bits per heavy atom. The predicted octanol–water partition coefficient (Wildman–Crippen LogP) is 2.72. The molecule has 0 heterocycles. The fourth-order valence-electron chi connectivity index (χ4n) is 1.07. The SMILES string of the molecule is CC(C)NCCOc1cccc(Cl)c1. The molecule has 1 rings (SSSR count). The zero-order valence-corrected chi connectivity index (χ0v) is 9.34. The van der Waals surface area contributed by atoms with Crippen LogP contribution in [0.25, 0.3) is 0 Å². The van der Waals surface area contributed by atoms with Crippen molar-refractivity contribution >= 4 is 11.6 Å². The Bertz CT molecular complexity index is 276. The molecular formula is C11H16ClNO. The fraction of sp³-hybridized carbons (Fsp3) is 0.455. The van der Waals surface area contributed by atoms with Gasteiger partial charge in [-0.15, -0.1) is 0 Å². The summed E-state index contributed by atoms with van der Waals surface area (Å²) in [4.78, 5) is 0. The van der Waals surface area contributed by atoms with E-state index >= 15 is 0 Å². The zero-order chi connectivity index (χ0) is 10.4. The summed E-state index contributed by atoms with van der Waals surface area (Å²) in [5.74, 6) is 0.822. The molecule has 0 saturated heterocycles. The Balaban J connectivity index is 2.25. The average molecular weight is 214 g/mol. The minimum Gasteiger partial charge on any atom is -0.492 e. The molecule has 0 aromatic heterocycles. The van der Waals surface area contributed by atoms with E-state index in [0.717, 1.165) is 12.3 Å². The quantitative estimate of drug-likeness (QED) is 0.760. The highest BCUT2D eigenvalue weighted by Gasteiger charge is 1.95. The van der Waals surface area contributed by atoms with Crippen LogP contribution in [0.2, 0.25) is 5.02 Å². The Labute approximate surface area is 90.2 Å². The van der Waals surface area contributed by atoms with Crippen LogP contribution in [-0.4, -0.2) is 19.2 Å². The molecule has 0 aliphatic heterocycles.